The number of hydrogen-bond acceptors (Lipinski definition) is 2. The molecule has 1 atom stereocenters. The lowest BCUT2D eigenvalue weighted by Gasteiger charge is -2.34. The first-order valence-electron chi connectivity index (χ1n) is 9.43. The molecule has 2 aromatic rings. The van der Waals surface area contributed by atoms with Crippen LogP contribution in [0, 0.1) is 0 Å². The van der Waals surface area contributed by atoms with E-state index in [0.717, 1.165) is 31.6 Å². The lowest BCUT2D eigenvalue weighted by molar-refractivity contribution is 0.144. The lowest BCUT2D eigenvalue weighted by atomic mass is 10.0. The van der Waals surface area contributed by atoms with Crippen LogP contribution >= 0.6 is 0 Å². The van der Waals surface area contributed by atoms with Crippen LogP contribution in [0.15, 0.2) is 30.5 Å². The summed E-state index contributed by atoms with van der Waals surface area (Å²) in [5.41, 5.74) is 2.40. The minimum Gasteiger partial charge on any atom is -0.361 e. The smallest absolute Gasteiger partial charge is 0.317 e. The van der Waals surface area contributed by atoms with E-state index in [1.165, 1.54) is 30.2 Å². The van der Waals surface area contributed by atoms with Gasteiger partial charge in [-0.25, -0.2) is 4.79 Å². The van der Waals surface area contributed by atoms with Crippen LogP contribution in [-0.4, -0.2) is 60.1 Å². The van der Waals surface area contributed by atoms with Crippen LogP contribution in [0.1, 0.15) is 31.7 Å². The number of hydrogen-bond donors (Lipinski definition) is 2. The topological polar surface area (TPSA) is 51.4 Å². The van der Waals surface area contributed by atoms with Gasteiger partial charge in [0.2, 0.25) is 0 Å². The van der Waals surface area contributed by atoms with E-state index in [4.69, 9.17) is 0 Å². The number of amides is 2. The third-order valence-electron chi connectivity index (χ3n) is 5.36. The number of piperidine rings is 1. The zero-order valence-corrected chi connectivity index (χ0v) is 15.4. The summed E-state index contributed by atoms with van der Waals surface area (Å²) < 4.78 is 0. The van der Waals surface area contributed by atoms with Crippen molar-refractivity contribution in [3.8, 4) is 0 Å². The number of urea groups is 1. The molecule has 0 bridgehead atoms. The fourth-order valence-corrected chi connectivity index (χ4v) is 3.65. The Morgan fingerprint density at radius 3 is 3.04 bits per heavy atom. The average molecular weight is 342 g/mol. The van der Waals surface area contributed by atoms with Crippen LogP contribution in [0.3, 0.4) is 0 Å². The van der Waals surface area contributed by atoms with Gasteiger partial charge in [-0.2, -0.15) is 0 Å². The first-order chi connectivity index (χ1) is 12.1. The second-order valence-corrected chi connectivity index (χ2v) is 7.14. The molecule has 0 aliphatic carbocycles. The van der Waals surface area contributed by atoms with Crippen LogP contribution < -0.4 is 5.32 Å². The average Bonchev–Trinajstić information content (AvgIpc) is 3.04. The van der Waals surface area contributed by atoms with Gasteiger partial charge in [-0.3, -0.25) is 4.90 Å². The monoisotopic (exact) mass is 342 g/mol. The second-order valence-electron chi connectivity index (χ2n) is 7.14. The van der Waals surface area contributed by atoms with E-state index in [2.05, 4.69) is 34.3 Å². The molecule has 1 fully saturated rings. The van der Waals surface area contributed by atoms with Crippen molar-refractivity contribution in [2.75, 3.05) is 33.2 Å². The first kappa shape index (κ1) is 17.8. The summed E-state index contributed by atoms with van der Waals surface area (Å²) in [7, 11) is 1.88. The second kappa shape index (κ2) is 8.39. The molecular formula is C20H30N4O. The molecule has 2 N–H and O–H groups in total. The molecule has 0 radical (unpaired) electrons. The Kier molecular flexibility index (Phi) is 5.97. The van der Waals surface area contributed by atoms with Crippen LogP contribution in [0.2, 0.25) is 0 Å². The predicted molar refractivity (Wildman–Crippen MR) is 103 cm³/mol. The summed E-state index contributed by atoms with van der Waals surface area (Å²) >= 11 is 0. The minimum atomic E-state index is 0.0181. The highest BCUT2D eigenvalue weighted by Gasteiger charge is 2.19. The number of rotatable bonds is 6. The Bertz CT molecular complexity index is 696. The molecule has 25 heavy (non-hydrogen) atoms. The van der Waals surface area contributed by atoms with Crippen LogP contribution in [0.4, 0.5) is 4.79 Å². The number of likely N-dealkylation sites (tertiary alicyclic amines) is 1. The zero-order chi connectivity index (χ0) is 17.6. The molecule has 5 heteroatoms. The molecule has 3 rings (SSSR count). The van der Waals surface area contributed by atoms with E-state index in [9.17, 15) is 4.79 Å². The summed E-state index contributed by atoms with van der Waals surface area (Å²) in [5, 5.41) is 4.28. The molecule has 1 aromatic carbocycles. The maximum Gasteiger partial charge on any atom is 0.317 e. The molecule has 1 aliphatic rings. The summed E-state index contributed by atoms with van der Waals surface area (Å²) in [6, 6.07) is 8.94. The number of fused-ring (bicyclic) bond motifs is 1. The Balaban J connectivity index is 1.41. The maximum absolute atomic E-state index is 12.3. The van der Waals surface area contributed by atoms with Gasteiger partial charge < -0.3 is 15.2 Å². The van der Waals surface area contributed by atoms with Crippen molar-refractivity contribution in [2.45, 2.75) is 38.6 Å². The molecule has 1 saturated heterocycles. The molecule has 0 spiro atoms. The number of H-pyrrole nitrogens is 1. The number of nitrogens with zero attached hydrogens (tertiary/aromatic N) is 2. The molecule has 2 heterocycles. The summed E-state index contributed by atoms with van der Waals surface area (Å²) in [6.45, 7) is 5.86. The van der Waals surface area contributed by atoms with Gasteiger partial charge in [0, 0.05) is 49.8 Å². The van der Waals surface area contributed by atoms with Gasteiger partial charge in [-0.15, -0.1) is 0 Å². The van der Waals surface area contributed by atoms with Crippen LogP contribution in [0.5, 0.6) is 0 Å². The highest BCUT2D eigenvalue weighted by atomic mass is 16.2. The molecule has 1 aromatic heterocycles. The van der Waals surface area contributed by atoms with Crippen molar-refractivity contribution in [2.24, 2.45) is 0 Å². The van der Waals surface area contributed by atoms with Crippen molar-refractivity contribution in [1.29, 1.82) is 0 Å². The van der Waals surface area contributed by atoms with Crippen molar-refractivity contribution in [3.63, 3.8) is 0 Å². The van der Waals surface area contributed by atoms with E-state index in [-0.39, 0.29) is 6.03 Å². The molecule has 136 valence electrons. The number of benzene rings is 1. The van der Waals surface area contributed by atoms with E-state index < -0.39 is 0 Å². The van der Waals surface area contributed by atoms with Gasteiger partial charge in [-0.05, 0) is 44.4 Å². The quantitative estimate of drug-likeness (QED) is 0.847. The molecule has 1 aliphatic heterocycles. The van der Waals surface area contributed by atoms with Gasteiger partial charge in [-0.1, -0.05) is 24.6 Å². The summed E-state index contributed by atoms with van der Waals surface area (Å²) in [5.74, 6) is 0. The fourth-order valence-electron chi connectivity index (χ4n) is 3.65. The number of aromatic amines is 1. The van der Waals surface area contributed by atoms with Gasteiger partial charge in [0.25, 0.3) is 0 Å². The lowest BCUT2D eigenvalue weighted by Crippen LogP contribution is -2.45. The highest BCUT2D eigenvalue weighted by molar-refractivity contribution is 5.83. The Labute approximate surface area is 150 Å². The number of aromatic nitrogens is 1. The van der Waals surface area contributed by atoms with Crippen molar-refractivity contribution < 1.29 is 4.79 Å². The molecule has 0 saturated carbocycles. The normalized spacial score (nSPS) is 18.4. The van der Waals surface area contributed by atoms with Gasteiger partial charge in [0.1, 0.15) is 0 Å². The Morgan fingerprint density at radius 2 is 2.20 bits per heavy atom. The van der Waals surface area contributed by atoms with E-state index in [1.807, 2.05) is 25.4 Å². The van der Waals surface area contributed by atoms with Crippen molar-refractivity contribution in [3.05, 3.63) is 36.0 Å². The van der Waals surface area contributed by atoms with Gasteiger partial charge >= 0.3 is 6.03 Å². The third-order valence-corrected chi connectivity index (χ3v) is 5.36. The SMILES string of the molecule is CC1CCCCN1CCN(C)C(=O)NCCc1c[nH]c2ccccc12. The zero-order valence-electron chi connectivity index (χ0n) is 15.4. The van der Waals surface area contributed by atoms with Crippen LogP contribution in [0.25, 0.3) is 10.9 Å². The molecular weight excluding hydrogens is 312 g/mol. The maximum atomic E-state index is 12.3. The van der Waals surface area contributed by atoms with E-state index >= 15 is 0 Å². The van der Waals surface area contributed by atoms with Crippen molar-refractivity contribution >= 4 is 16.9 Å². The van der Waals surface area contributed by atoms with Gasteiger partial charge in [0.05, 0.1) is 0 Å². The largest absolute Gasteiger partial charge is 0.361 e. The predicted octanol–water partition coefficient (Wildman–Crippen LogP) is 3.23. The number of nitrogens with one attached hydrogen (secondary N) is 2. The van der Waals surface area contributed by atoms with Crippen LogP contribution in [-0.2, 0) is 6.42 Å². The fraction of sp³-hybridized carbons (Fsp3) is 0.550. The molecule has 5 nitrogen and oxygen atoms in total. The molecule has 1 unspecified atom stereocenters. The van der Waals surface area contributed by atoms with E-state index in [0.29, 0.717) is 12.6 Å². The Hall–Kier alpha value is -2.01. The van der Waals surface area contributed by atoms with Crippen molar-refractivity contribution in [1.82, 2.24) is 20.1 Å². The molecule has 2 amide bonds. The Morgan fingerprint density at radius 1 is 1.36 bits per heavy atom. The van der Waals surface area contributed by atoms with Gasteiger partial charge in [0.15, 0.2) is 0 Å². The minimum absolute atomic E-state index is 0.0181. The number of para-hydroxylation sites is 1. The summed E-state index contributed by atoms with van der Waals surface area (Å²) in [4.78, 5) is 19.9. The first-order valence-corrected chi connectivity index (χ1v) is 9.43. The highest BCUT2D eigenvalue weighted by Crippen LogP contribution is 2.18. The third kappa shape index (κ3) is 4.54. The number of likely N-dealkylation sites (N-methyl/N-ethyl adjacent to an activating group) is 1. The van der Waals surface area contributed by atoms with E-state index in [1.54, 1.807) is 4.90 Å². The number of carbonyl (C=O) groups excluding carboxylic acids is 1. The summed E-state index contributed by atoms with van der Waals surface area (Å²) in [6.07, 6.45) is 6.78. The number of carbonyl (C=O) groups is 1. The standard InChI is InChI=1S/C20H30N4O/c1-16-7-5-6-12-24(16)14-13-23(2)20(25)21-11-10-17-15-22-19-9-4-3-8-18(17)19/h3-4,8-9,15-16,22H,5-7,10-14H2,1-2H3,(H,21,25).